The number of nitrogens with zero attached hydrogens (tertiary/aromatic N) is 7. The van der Waals surface area contributed by atoms with Crippen LogP contribution in [0.5, 0.6) is 0 Å². The van der Waals surface area contributed by atoms with Gasteiger partial charge in [-0.25, -0.2) is 4.98 Å². The van der Waals surface area contributed by atoms with Crippen molar-refractivity contribution in [2.45, 2.75) is 0 Å². The van der Waals surface area contributed by atoms with Crippen LogP contribution in [0.4, 0.5) is 11.6 Å². The van der Waals surface area contributed by atoms with Crippen LogP contribution in [-0.2, 0) is 0 Å². The third-order valence-corrected chi connectivity index (χ3v) is 1.58. The number of hydrogen-bond acceptors (Lipinski definition) is 7. The molecule has 0 saturated carbocycles. The highest BCUT2D eigenvalue weighted by Crippen LogP contribution is 2.15. The highest BCUT2D eigenvalue weighted by molar-refractivity contribution is 5.57. The summed E-state index contributed by atoms with van der Waals surface area (Å²) in [6.45, 7) is 0. The Labute approximate surface area is 91.2 Å². The van der Waals surface area contributed by atoms with Crippen LogP contribution in [0.3, 0.4) is 0 Å². The van der Waals surface area contributed by atoms with E-state index in [9.17, 15) is 0 Å². The van der Waals surface area contributed by atoms with Crippen molar-refractivity contribution in [1.29, 1.82) is 21.0 Å². The van der Waals surface area contributed by atoms with Crippen LogP contribution in [0.25, 0.3) is 0 Å². The summed E-state index contributed by atoms with van der Waals surface area (Å²) in [5.74, 6) is 0.107. The van der Waals surface area contributed by atoms with Gasteiger partial charge < -0.3 is 0 Å². The fourth-order valence-electron chi connectivity index (χ4n) is 0.911. The predicted molar refractivity (Wildman–Crippen MR) is 51.6 cm³/mol. The van der Waals surface area contributed by atoms with Gasteiger partial charge >= 0.3 is 0 Å². The van der Waals surface area contributed by atoms with E-state index in [0.29, 0.717) is 9.80 Å². The maximum Gasteiger partial charge on any atom is 0.200 e. The molecule has 0 amide bonds. The van der Waals surface area contributed by atoms with Crippen LogP contribution >= 0.6 is 0 Å². The van der Waals surface area contributed by atoms with Crippen molar-refractivity contribution in [1.82, 2.24) is 4.98 Å². The Morgan fingerprint density at radius 3 is 1.50 bits per heavy atom. The molecule has 0 N–H and O–H groups in total. The van der Waals surface area contributed by atoms with Crippen molar-refractivity contribution in [3.63, 3.8) is 0 Å². The SMILES string of the molecule is N#CN(C#N)c1cccc(N(C#N)C#N)n1. The third kappa shape index (κ3) is 1.96. The van der Waals surface area contributed by atoms with Crippen LogP contribution < -0.4 is 9.80 Å². The molecule has 7 heteroatoms. The topological polar surface area (TPSA) is 115 Å². The molecule has 1 aromatic rings. The molecule has 1 rings (SSSR count). The summed E-state index contributed by atoms with van der Waals surface area (Å²) in [5.41, 5.74) is 0. The summed E-state index contributed by atoms with van der Waals surface area (Å²) in [5, 5.41) is 34.4. The van der Waals surface area contributed by atoms with E-state index in [1.807, 2.05) is 0 Å². The maximum absolute atomic E-state index is 8.59. The second-order valence-electron chi connectivity index (χ2n) is 2.42. The Morgan fingerprint density at radius 2 is 1.19 bits per heavy atom. The molecule has 0 atom stereocenters. The molecule has 0 unspecified atom stereocenters. The molecule has 1 aromatic heterocycles. The minimum absolute atomic E-state index is 0.0537. The molecule has 0 aromatic carbocycles. The molecule has 16 heavy (non-hydrogen) atoms. The first-order chi connectivity index (χ1) is 7.76. The van der Waals surface area contributed by atoms with Crippen molar-refractivity contribution >= 4 is 11.6 Å². The molecule has 0 bridgehead atoms. The molecule has 1 heterocycles. The maximum atomic E-state index is 8.59. The average Bonchev–Trinajstić information content (AvgIpc) is 2.33. The number of pyridine rings is 1. The number of aromatic nitrogens is 1. The summed E-state index contributed by atoms with van der Waals surface area (Å²) in [6, 6.07) is 4.33. The van der Waals surface area contributed by atoms with E-state index in [4.69, 9.17) is 21.0 Å². The second-order valence-corrected chi connectivity index (χ2v) is 2.42. The van der Waals surface area contributed by atoms with Gasteiger partial charge in [0.15, 0.2) is 36.4 Å². The van der Waals surface area contributed by atoms with E-state index >= 15 is 0 Å². The summed E-state index contributed by atoms with van der Waals surface area (Å²) < 4.78 is 0. The molecule has 0 radical (unpaired) electrons. The molecule has 0 aliphatic heterocycles. The van der Waals surface area contributed by atoms with E-state index in [-0.39, 0.29) is 11.6 Å². The van der Waals surface area contributed by atoms with Crippen molar-refractivity contribution in [3.05, 3.63) is 18.2 Å². The van der Waals surface area contributed by atoms with Gasteiger partial charge in [-0.15, -0.1) is 0 Å². The van der Waals surface area contributed by atoms with Gasteiger partial charge in [0, 0.05) is 0 Å². The molecule has 0 saturated heterocycles. The summed E-state index contributed by atoms with van der Waals surface area (Å²) in [7, 11) is 0. The van der Waals surface area contributed by atoms with E-state index in [1.54, 1.807) is 24.8 Å². The molecular formula is C9H3N7. The zero-order chi connectivity index (χ0) is 12.0. The lowest BCUT2D eigenvalue weighted by Gasteiger charge is -2.07. The van der Waals surface area contributed by atoms with Gasteiger partial charge in [0.2, 0.25) is 0 Å². The normalized spacial score (nSPS) is 7.75. The number of hydrogen-bond donors (Lipinski definition) is 0. The van der Waals surface area contributed by atoms with E-state index in [2.05, 4.69) is 4.98 Å². The zero-order valence-electron chi connectivity index (χ0n) is 7.86. The monoisotopic (exact) mass is 209 g/mol. The van der Waals surface area contributed by atoms with Crippen molar-refractivity contribution in [3.8, 4) is 24.8 Å². The third-order valence-electron chi connectivity index (χ3n) is 1.58. The number of nitriles is 4. The van der Waals surface area contributed by atoms with Gasteiger partial charge in [-0.3, -0.25) is 0 Å². The summed E-state index contributed by atoms with van der Waals surface area (Å²) in [4.78, 5) is 5.14. The first-order valence-corrected chi connectivity index (χ1v) is 3.93. The fourth-order valence-corrected chi connectivity index (χ4v) is 0.911. The highest BCUT2D eigenvalue weighted by atomic mass is 15.2. The molecule has 74 valence electrons. The van der Waals surface area contributed by atoms with Crippen LogP contribution in [-0.4, -0.2) is 4.98 Å². The smallest absolute Gasteiger partial charge is 0.200 e. The van der Waals surface area contributed by atoms with Crippen molar-refractivity contribution in [2.75, 3.05) is 9.80 Å². The summed E-state index contributed by atoms with van der Waals surface area (Å²) >= 11 is 0. The Hall–Kier alpha value is -3.29. The van der Waals surface area contributed by atoms with Gasteiger partial charge in [0.05, 0.1) is 0 Å². The highest BCUT2D eigenvalue weighted by Gasteiger charge is 2.10. The average molecular weight is 209 g/mol. The fraction of sp³-hybridized carbons (Fsp3) is 0. The van der Waals surface area contributed by atoms with Crippen LogP contribution in [0.1, 0.15) is 0 Å². The molecule has 0 spiro atoms. The number of anilines is 2. The van der Waals surface area contributed by atoms with Crippen LogP contribution in [0, 0.1) is 45.8 Å². The molecule has 7 nitrogen and oxygen atoms in total. The standard InChI is InChI=1S/C9H3N7/c10-4-15(5-11)8-2-1-3-9(14-8)16(6-12)7-13/h1-3H. The first-order valence-electron chi connectivity index (χ1n) is 3.93. The molecule has 0 aliphatic carbocycles. The summed E-state index contributed by atoms with van der Waals surface area (Å²) in [6.07, 6.45) is 6.38. The Bertz CT molecular complexity index is 476. The van der Waals surface area contributed by atoms with Crippen molar-refractivity contribution < 1.29 is 0 Å². The first kappa shape index (κ1) is 10.8. The minimum Gasteiger partial charge on any atom is -0.210 e. The molecular weight excluding hydrogens is 206 g/mol. The second kappa shape index (κ2) is 4.81. The lowest BCUT2D eigenvalue weighted by molar-refractivity contribution is 1.13. The molecule has 0 fully saturated rings. The Kier molecular flexibility index (Phi) is 3.24. The largest absolute Gasteiger partial charge is 0.210 e. The van der Waals surface area contributed by atoms with E-state index in [0.717, 1.165) is 0 Å². The quantitative estimate of drug-likeness (QED) is 0.517. The van der Waals surface area contributed by atoms with Crippen LogP contribution in [0.15, 0.2) is 18.2 Å². The van der Waals surface area contributed by atoms with E-state index < -0.39 is 0 Å². The Balaban J connectivity index is 3.17. The number of rotatable bonds is 2. The van der Waals surface area contributed by atoms with E-state index in [1.165, 1.54) is 18.2 Å². The lowest BCUT2D eigenvalue weighted by atomic mass is 10.4. The van der Waals surface area contributed by atoms with Gasteiger partial charge in [0.25, 0.3) is 0 Å². The minimum atomic E-state index is 0.0537. The molecule has 0 aliphatic rings. The van der Waals surface area contributed by atoms with Gasteiger partial charge in [-0.1, -0.05) is 6.07 Å². The Morgan fingerprint density at radius 1 is 0.812 bits per heavy atom. The van der Waals surface area contributed by atoms with Crippen molar-refractivity contribution in [2.24, 2.45) is 0 Å². The predicted octanol–water partition coefficient (Wildman–Crippen LogP) is 0.619. The lowest BCUT2D eigenvalue weighted by Crippen LogP contribution is -2.13. The van der Waals surface area contributed by atoms with Gasteiger partial charge in [0.1, 0.15) is 0 Å². The van der Waals surface area contributed by atoms with Crippen LogP contribution in [0.2, 0.25) is 0 Å². The van der Waals surface area contributed by atoms with Gasteiger partial charge in [-0.05, 0) is 12.1 Å². The van der Waals surface area contributed by atoms with Gasteiger partial charge in [-0.2, -0.15) is 30.8 Å². The zero-order valence-corrected chi connectivity index (χ0v) is 7.86.